The normalized spacial score (nSPS) is 11.5. The molecule has 4 nitrogen and oxygen atoms in total. The molecule has 22 heavy (non-hydrogen) atoms. The average Bonchev–Trinajstić information content (AvgIpc) is 2.56. The van der Waals surface area contributed by atoms with Gasteiger partial charge < -0.3 is 10.6 Å². The molecule has 0 atom stereocenters. The number of nitrogens with one attached hydrogen (secondary N) is 2. The zero-order chi connectivity index (χ0) is 16.2. The number of carbonyl (C=O) groups is 2. The summed E-state index contributed by atoms with van der Waals surface area (Å²) >= 11 is 0. The molecule has 0 aliphatic carbocycles. The lowest BCUT2D eigenvalue weighted by molar-refractivity contribution is -0.118. The van der Waals surface area contributed by atoms with E-state index in [2.05, 4.69) is 10.6 Å². The maximum Gasteiger partial charge on any atom is 0.246 e. The van der Waals surface area contributed by atoms with Gasteiger partial charge in [0.2, 0.25) is 11.8 Å². The van der Waals surface area contributed by atoms with Crippen LogP contribution in [0.5, 0.6) is 0 Å². The molecule has 4 heteroatoms. The largest absolute Gasteiger partial charge is 0.353 e. The van der Waals surface area contributed by atoms with Gasteiger partial charge in [0.15, 0.2) is 0 Å². The summed E-state index contributed by atoms with van der Waals surface area (Å²) in [7, 11) is 0. The van der Waals surface area contributed by atoms with E-state index in [-0.39, 0.29) is 11.8 Å². The summed E-state index contributed by atoms with van der Waals surface area (Å²) in [5, 5.41) is 5.66. The van der Waals surface area contributed by atoms with E-state index in [0.29, 0.717) is 13.1 Å². The summed E-state index contributed by atoms with van der Waals surface area (Å²) in [6, 6.07) is 9.69. The van der Waals surface area contributed by atoms with Gasteiger partial charge in [0.25, 0.3) is 0 Å². The van der Waals surface area contributed by atoms with Crippen molar-refractivity contribution in [2.45, 2.75) is 26.7 Å². The van der Waals surface area contributed by atoms with Crippen molar-refractivity contribution in [2.75, 3.05) is 13.1 Å². The summed E-state index contributed by atoms with van der Waals surface area (Å²) in [6.07, 6.45) is 6.78. The van der Waals surface area contributed by atoms with Gasteiger partial charge >= 0.3 is 0 Å². The Hall–Kier alpha value is -2.36. The molecule has 0 saturated heterocycles. The van der Waals surface area contributed by atoms with Gasteiger partial charge in [-0.25, -0.2) is 0 Å². The van der Waals surface area contributed by atoms with Gasteiger partial charge in [-0.15, -0.1) is 0 Å². The first-order valence-corrected chi connectivity index (χ1v) is 7.55. The molecule has 0 aromatic heterocycles. The third-order valence-corrected chi connectivity index (χ3v) is 3.21. The fourth-order valence-electron chi connectivity index (χ4n) is 1.73. The van der Waals surface area contributed by atoms with Crippen molar-refractivity contribution in [3.8, 4) is 0 Å². The topological polar surface area (TPSA) is 58.2 Å². The maximum absolute atomic E-state index is 11.6. The SMILES string of the molecule is C/C=C(\C)C(=O)NCCCCNC(=O)/C=C/c1ccccc1. The number of benzene rings is 1. The number of carbonyl (C=O) groups excluding carboxylic acids is 2. The first kappa shape index (κ1) is 17.7. The quantitative estimate of drug-likeness (QED) is 0.573. The molecule has 0 unspecified atom stereocenters. The highest BCUT2D eigenvalue weighted by molar-refractivity contribution is 5.92. The van der Waals surface area contributed by atoms with Crippen molar-refractivity contribution in [2.24, 2.45) is 0 Å². The lowest BCUT2D eigenvalue weighted by atomic mass is 10.2. The average molecular weight is 300 g/mol. The van der Waals surface area contributed by atoms with Crippen LogP contribution < -0.4 is 10.6 Å². The Labute approximate surface area is 132 Å². The minimum Gasteiger partial charge on any atom is -0.353 e. The molecule has 1 aromatic carbocycles. The van der Waals surface area contributed by atoms with Crippen molar-refractivity contribution < 1.29 is 9.59 Å². The molecule has 0 radical (unpaired) electrons. The van der Waals surface area contributed by atoms with Crippen LogP contribution in [-0.2, 0) is 9.59 Å². The predicted molar refractivity (Wildman–Crippen MR) is 90.2 cm³/mol. The van der Waals surface area contributed by atoms with E-state index in [1.807, 2.05) is 37.3 Å². The molecule has 1 aromatic rings. The molecule has 1 rings (SSSR count). The lowest BCUT2D eigenvalue weighted by Gasteiger charge is -2.05. The number of rotatable bonds is 8. The summed E-state index contributed by atoms with van der Waals surface area (Å²) in [6.45, 7) is 4.86. The Morgan fingerprint density at radius 1 is 1.05 bits per heavy atom. The van der Waals surface area contributed by atoms with Crippen LogP contribution in [0.15, 0.2) is 48.1 Å². The van der Waals surface area contributed by atoms with Gasteiger partial charge in [-0.1, -0.05) is 36.4 Å². The van der Waals surface area contributed by atoms with Gasteiger partial charge in [-0.05, 0) is 38.3 Å². The molecular weight excluding hydrogens is 276 g/mol. The van der Waals surface area contributed by atoms with E-state index in [4.69, 9.17) is 0 Å². The Morgan fingerprint density at radius 3 is 2.32 bits per heavy atom. The number of hydrogen-bond acceptors (Lipinski definition) is 2. The van der Waals surface area contributed by atoms with Gasteiger partial charge in [0.1, 0.15) is 0 Å². The predicted octanol–water partition coefficient (Wildman–Crippen LogP) is 2.68. The molecule has 2 amide bonds. The molecule has 0 bridgehead atoms. The van der Waals surface area contributed by atoms with Crippen molar-refractivity contribution >= 4 is 17.9 Å². The molecular formula is C18H24N2O2. The lowest BCUT2D eigenvalue weighted by Crippen LogP contribution is -2.27. The number of hydrogen-bond donors (Lipinski definition) is 2. The monoisotopic (exact) mass is 300 g/mol. The van der Waals surface area contributed by atoms with Crippen molar-refractivity contribution in [1.29, 1.82) is 0 Å². The molecule has 2 N–H and O–H groups in total. The molecule has 0 aliphatic rings. The van der Waals surface area contributed by atoms with Crippen LogP contribution in [0, 0.1) is 0 Å². The van der Waals surface area contributed by atoms with E-state index in [1.54, 1.807) is 19.1 Å². The number of amides is 2. The van der Waals surface area contributed by atoms with Crippen LogP contribution in [0.2, 0.25) is 0 Å². The van der Waals surface area contributed by atoms with E-state index in [1.165, 1.54) is 6.08 Å². The Kier molecular flexibility index (Phi) is 8.35. The standard InChI is InChI=1S/C18H24N2O2/c1-3-15(2)18(22)20-14-8-7-13-19-17(21)12-11-16-9-5-4-6-10-16/h3-6,9-12H,7-8,13-14H2,1-2H3,(H,19,21)(H,20,22)/b12-11+,15-3+. The van der Waals surface area contributed by atoms with Crippen molar-refractivity contribution in [3.63, 3.8) is 0 Å². The Bertz CT molecular complexity index is 533. The first-order valence-electron chi connectivity index (χ1n) is 7.55. The van der Waals surface area contributed by atoms with Gasteiger partial charge in [0.05, 0.1) is 0 Å². The Morgan fingerprint density at radius 2 is 1.68 bits per heavy atom. The zero-order valence-electron chi connectivity index (χ0n) is 13.3. The molecule has 0 fully saturated rings. The molecule has 0 saturated carbocycles. The van der Waals surface area contributed by atoms with Crippen LogP contribution in [0.1, 0.15) is 32.3 Å². The molecule has 118 valence electrons. The second kappa shape index (κ2) is 10.4. The summed E-state index contributed by atoms with van der Waals surface area (Å²) in [4.78, 5) is 23.1. The van der Waals surface area contributed by atoms with Gasteiger partial charge in [-0.2, -0.15) is 0 Å². The molecule has 0 spiro atoms. The van der Waals surface area contributed by atoms with Crippen LogP contribution in [0.4, 0.5) is 0 Å². The first-order chi connectivity index (χ1) is 10.6. The molecule has 0 aliphatic heterocycles. The number of unbranched alkanes of at least 4 members (excludes halogenated alkanes) is 1. The van der Waals surface area contributed by atoms with E-state index in [9.17, 15) is 9.59 Å². The fourth-order valence-corrected chi connectivity index (χ4v) is 1.73. The van der Waals surface area contributed by atoms with Crippen molar-refractivity contribution in [1.82, 2.24) is 10.6 Å². The fraction of sp³-hybridized carbons (Fsp3) is 0.333. The van der Waals surface area contributed by atoms with E-state index in [0.717, 1.165) is 24.0 Å². The highest BCUT2D eigenvalue weighted by atomic mass is 16.2. The molecule has 0 heterocycles. The summed E-state index contributed by atoms with van der Waals surface area (Å²) in [5.41, 5.74) is 1.72. The second-order valence-corrected chi connectivity index (χ2v) is 4.97. The van der Waals surface area contributed by atoms with Gasteiger partial charge in [-0.3, -0.25) is 9.59 Å². The van der Waals surface area contributed by atoms with Crippen LogP contribution >= 0.6 is 0 Å². The minimum absolute atomic E-state index is 0.0302. The zero-order valence-corrected chi connectivity index (χ0v) is 13.3. The third kappa shape index (κ3) is 7.43. The highest BCUT2D eigenvalue weighted by Gasteiger charge is 2.01. The highest BCUT2D eigenvalue weighted by Crippen LogP contribution is 2.00. The van der Waals surface area contributed by atoms with E-state index >= 15 is 0 Å². The smallest absolute Gasteiger partial charge is 0.246 e. The van der Waals surface area contributed by atoms with Crippen LogP contribution in [-0.4, -0.2) is 24.9 Å². The van der Waals surface area contributed by atoms with E-state index < -0.39 is 0 Å². The Balaban J connectivity index is 2.11. The maximum atomic E-state index is 11.6. The summed E-state index contributed by atoms with van der Waals surface area (Å²) in [5.74, 6) is -0.130. The summed E-state index contributed by atoms with van der Waals surface area (Å²) < 4.78 is 0. The minimum atomic E-state index is -0.0994. The van der Waals surface area contributed by atoms with Crippen LogP contribution in [0.25, 0.3) is 6.08 Å². The van der Waals surface area contributed by atoms with Crippen molar-refractivity contribution in [3.05, 3.63) is 53.6 Å². The van der Waals surface area contributed by atoms with Crippen LogP contribution in [0.3, 0.4) is 0 Å². The second-order valence-electron chi connectivity index (χ2n) is 4.97. The van der Waals surface area contributed by atoms with Gasteiger partial charge in [0, 0.05) is 24.7 Å². The third-order valence-electron chi connectivity index (χ3n) is 3.21. The number of allylic oxidation sites excluding steroid dienone is 1.